The number of aliphatic imine (C=N–C) groups is 1. The van der Waals surface area contributed by atoms with Gasteiger partial charge in [0, 0.05) is 25.6 Å². The van der Waals surface area contributed by atoms with Gasteiger partial charge in [-0.1, -0.05) is 17.3 Å². The van der Waals surface area contributed by atoms with Crippen molar-refractivity contribution >= 4 is 17.7 Å². The molecule has 1 aliphatic heterocycles. The minimum Gasteiger partial charge on any atom is -0.406 e. The van der Waals surface area contributed by atoms with Crippen LogP contribution >= 0.6 is 0 Å². The number of benzene rings is 2. The summed E-state index contributed by atoms with van der Waals surface area (Å²) in [6.07, 6.45) is -2.79. The molecule has 1 unspecified atom stereocenters. The molecule has 0 aliphatic carbocycles. The third-order valence-corrected chi connectivity index (χ3v) is 4.89. The first-order valence-corrected chi connectivity index (χ1v) is 9.60. The van der Waals surface area contributed by atoms with Gasteiger partial charge in [0.25, 0.3) is 0 Å². The maximum absolute atomic E-state index is 12.5. The SMILES string of the molecule is CCN(C)C=Nc1cc(C)c(C2CC(c3cccc(OC(F)(F)F)c3)=NO2)cc1C. The lowest BCUT2D eigenvalue weighted by Crippen LogP contribution is -2.17. The molecule has 0 amide bonds. The number of rotatable bonds is 6. The second-order valence-electron chi connectivity index (χ2n) is 7.22. The molecule has 1 atom stereocenters. The molecule has 3 rings (SSSR count). The standard InChI is InChI=1S/C22H24F3N3O2/c1-5-28(4)13-26-19-10-14(2)18(9-15(19)3)21-12-20(27-30-21)16-7-6-8-17(11-16)29-22(23,24)25/h6-11,13,21H,5,12H2,1-4H3. The molecule has 0 N–H and O–H groups in total. The van der Waals surface area contributed by atoms with Crippen molar-refractivity contribution < 1.29 is 22.7 Å². The van der Waals surface area contributed by atoms with Crippen LogP contribution in [-0.4, -0.2) is 36.9 Å². The highest BCUT2D eigenvalue weighted by Gasteiger charge is 2.32. The molecule has 1 aliphatic rings. The Morgan fingerprint density at radius 1 is 1.23 bits per heavy atom. The van der Waals surface area contributed by atoms with E-state index in [1.807, 2.05) is 44.9 Å². The van der Waals surface area contributed by atoms with Crippen LogP contribution in [0.25, 0.3) is 0 Å². The predicted molar refractivity (Wildman–Crippen MR) is 110 cm³/mol. The van der Waals surface area contributed by atoms with Gasteiger partial charge in [0.05, 0.1) is 17.7 Å². The van der Waals surface area contributed by atoms with E-state index >= 15 is 0 Å². The van der Waals surface area contributed by atoms with Crippen LogP contribution < -0.4 is 4.74 Å². The topological polar surface area (TPSA) is 46.4 Å². The molecular weight excluding hydrogens is 395 g/mol. The second-order valence-corrected chi connectivity index (χ2v) is 7.22. The van der Waals surface area contributed by atoms with E-state index < -0.39 is 6.36 Å². The summed E-state index contributed by atoms with van der Waals surface area (Å²) >= 11 is 0. The third-order valence-electron chi connectivity index (χ3n) is 4.89. The highest BCUT2D eigenvalue weighted by molar-refractivity contribution is 6.01. The fourth-order valence-corrected chi connectivity index (χ4v) is 3.14. The highest BCUT2D eigenvalue weighted by atomic mass is 19.4. The molecule has 0 saturated carbocycles. The van der Waals surface area contributed by atoms with Gasteiger partial charge < -0.3 is 14.5 Å². The van der Waals surface area contributed by atoms with Crippen LogP contribution in [0, 0.1) is 13.8 Å². The fraction of sp³-hybridized carbons (Fsp3) is 0.364. The number of alkyl halides is 3. The highest BCUT2D eigenvalue weighted by Crippen LogP contribution is 2.35. The summed E-state index contributed by atoms with van der Waals surface area (Å²) < 4.78 is 41.4. The Hall–Kier alpha value is -3.03. The number of hydrogen-bond donors (Lipinski definition) is 0. The molecule has 0 saturated heterocycles. The molecule has 5 nitrogen and oxygen atoms in total. The smallest absolute Gasteiger partial charge is 0.406 e. The van der Waals surface area contributed by atoms with Crippen LogP contribution in [0.15, 0.2) is 46.5 Å². The third kappa shape index (κ3) is 5.31. The summed E-state index contributed by atoms with van der Waals surface area (Å²) in [4.78, 5) is 12.1. The quantitative estimate of drug-likeness (QED) is 0.447. The molecule has 0 radical (unpaired) electrons. The molecule has 0 bridgehead atoms. The predicted octanol–water partition coefficient (Wildman–Crippen LogP) is 5.68. The zero-order chi connectivity index (χ0) is 21.9. The van der Waals surface area contributed by atoms with Crippen LogP contribution in [0.2, 0.25) is 0 Å². The molecule has 160 valence electrons. The van der Waals surface area contributed by atoms with E-state index in [4.69, 9.17) is 4.84 Å². The van der Waals surface area contributed by atoms with E-state index in [0.29, 0.717) is 17.7 Å². The first-order valence-electron chi connectivity index (χ1n) is 9.60. The van der Waals surface area contributed by atoms with E-state index in [-0.39, 0.29) is 11.9 Å². The summed E-state index contributed by atoms with van der Waals surface area (Å²) in [6.45, 7) is 6.88. The van der Waals surface area contributed by atoms with E-state index in [1.165, 1.54) is 18.2 Å². The minimum atomic E-state index is -4.74. The van der Waals surface area contributed by atoms with E-state index in [1.54, 1.807) is 12.4 Å². The second kappa shape index (κ2) is 8.77. The van der Waals surface area contributed by atoms with Gasteiger partial charge in [0.1, 0.15) is 5.75 Å². The van der Waals surface area contributed by atoms with Crippen LogP contribution in [0.4, 0.5) is 18.9 Å². The Balaban J connectivity index is 1.76. The molecule has 2 aromatic carbocycles. The van der Waals surface area contributed by atoms with Crippen molar-refractivity contribution in [1.29, 1.82) is 0 Å². The van der Waals surface area contributed by atoms with Crippen molar-refractivity contribution in [3.8, 4) is 5.75 Å². The number of ether oxygens (including phenoxy) is 1. The average Bonchev–Trinajstić information content (AvgIpc) is 3.17. The Bertz CT molecular complexity index is 971. The van der Waals surface area contributed by atoms with E-state index in [9.17, 15) is 13.2 Å². The molecule has 0 spiro atoms. The average molecular weight is 419 g/mol. The monoisotopic (exact) mass is 419 g/mol. The summed E-state index contributed by atoms with van der Waals surface area (Å²) in [5.74, 6) is -0.280. The van der Waals surface area contributed by atoms with Gasteiger partial charge in [-0.2, -0.15) is 0 Å². The van der Waals surface area contributed by atoms with Crippen molar-refractivity contribution in [3.05, 3.63) is 58.7 Å². The van der Waals surface area contributed by atoms with Crippen molar-refractivity contribution in [2.24, 2.45) is 10.1 Å². The number of oxime groups is 1. The number of halogens is 3. The van der Waals surface area contributed by atoms with Crippen molar-refractivity contribution in [1.82, 2.24) is 4.90 Å². The summed E-state index contributed by atoms with van der Waals surface area (Å²) in [5.41, 5.74) is 5.01. The molecule has 30 heavy (non-hydrogen) atoms. The number of hydrogen-bond acceptors (Lipinski definition) is 4. The van der Waals surface area contributed by atoms with Gasteiger partial charge in [-0.05, 0) is 61.7 Å². The van der Waals surface area contributed by atoms with Crippen LogP contribution in [-0.2, 0) is 4.84 Å². The lowest BCUT2D eigenvalue weighted by Gasteiger charge is -2.15. The molecular formula is C22H24F3N3O2. The maximum Gasteiger partial charge on any atom is 0.573 e. The number of nitrogens with zero attached hydrogens (tertiary/aromatic N) is 3. The zero-order valence-corrected chi connectivity index (χ0v) is 17.3. The Kier molecular flexibility index (Phi) is 6.34. The van der Waals surface area contributed by atoms with Gasteiger partial charge in [-0.25, -0.2) is 4.99 Å². The zero-order valence-electron chi connectivity index (χ0n) is 17.3. The largest absolute Gasteiger partial charge is 0.573 e. The lowest BCUT2D eigenvalue weighted by molar-refractivity contribution is -0.274. The lowest BCUT2D eigenvalue weighted by atomic mass is 9.95. The normalized spacial score (nSPS) is 16.5. The van der Waals surface area contributed by atoms with E-state index in [2.05, 4.69) is 14.9 Å². The van der Waals surface area contributed by atoms with Crippen LogP contribution in [0.1, 0.15) is 41.7 Å². The summed E-state index contributed by atoms with van der Waals surface area (Å²) in [6, 6.07) is 9.80. The van der Waals surface area contributed by atoms with Crippen LogP contribution in [0.3, 0.4) is 0 Å². The molecule has 1 heterocycles. The van der Waals surface area contributed by atoms with Crippen molar-refractivity contribution in [2.45, 2.75) is 39.7 Å². The first kappa shape index (κ1) is 21.7. The number of aryl methyl sites for hydroxylation is 2. The maximum atomic E-state index is 12.5. The Morgan fingerprint density at radius 3 is 2.70 bits per heavy atom. The van der Waals surface area contributed by atoms with Gasteiger partial charge in [0.15, 0.2) is 6.10 Å². The van der Waals surface area contributed by atoms with Gasteiger partial charge in [0.2, 0.25) is 0 Å². The van der Waals surface area contributed by atoms with Crippen molar-refractivity contribution in [2.75, 3.05) is 13.6 Å². The molecule has 2 aromatic rings. The van der Waals surface area contributed by atoms with E-state index in [0.717, 1.165) is 28.9 Å². The fourth-order valence-electron chi connectivity index (χ4n) is 3.14. The van der Waals surface area contributed by atoms with Crippen LogP contribution in [0.5, 0.6) is 5.75 Å². The molecule has 0 aromatic heterocycles. The minimum absolute atomic E-state index is 0.280. The molecule has 8 heteroatoms. The Morgan fingerprint density at radius 2 is 2.00 bits per heavy atom. The van der Waals surface area contributed by atoms with Gasteiger partial charge >= 0.3 is 6.36 Å². The Labute approximate surface area is 173 Å². The van der Waals surface area contributed by atoms with Gasteiger partial charge in [-0.3, -0.25) is 0 Å². The summed E-state index contributed by atoms with van der Waals surface area (Å²) in [5, 5.41) is 4.11. The summed E-state index contributed by atoms with van der Waals surface area (Å²) in [7, 11) is 1.96. The van der Waals surface area contributed by atoms with Gasteiger partial charge in [-0.15, -0.1) is 13.2 Å². The first-order chi connectivity index (χ1) is 14.2. The van der Waals surface area contributed by atoms with Crippen molar-refractivity contribution in [3.63, 3.8) is 0 Å². The molecule has 0 fully saturated rings.